The maximum absolute atomic E-state index is 12.9. The van der Waals surface area contributed by atoms with Gasteiger partial charge < -0.3 is 5.11 Å². The largest absolute Gasteiger partial charge is 0.507 e. The van der Waals surface area contributed by atoms with Crippen molar-refractivity contribution in [3.8, 4) is 67.5 Å². The molecule has 0 fully saturated rings. The van der Waals surface area contributed by atoms with Crippen LogP contribution in [0.5, 0.6) is 5.75 Å². The van der Waals surface area contributed by atoms with E-state index in [0.29, 0.717) is 38.9 Å². The third kappa shape index (κ3) is 9.96. The number of nitrogens with zero attached hydrogens (tertiary/aromatic N) is 3. The van der Waals surface area contributed by atoms with Crippen molar-refractivity contribution >= 4 is 11.0 Å². The highest BCUT2D eigenvalue weighted by atomic mass is 16.3. The lowest BCUT2D eigenvalue weighted by molar-refractivity contribution is 0.446. The van der Waals surface area contributed by atoms with Crippen LogP contribution in [-0.2, 0) is 21.7 Å². The zero-order valence-corrected chi connectivity index (χ0v) is 41.0. The van der Waals surface area contributed by atoms with Crippen LogP contribution in [0.3, 0.4) is 0 Å². The number of benzene rings is 6. The van der Waals surface area contributed by atoms with Crippen molar-refractivity contribution in [3.05, 3.63) is 166 Å². The smallest absolute Gasteiger partial charge is 0.149 e. The molecule has 0 saturated heterocycles. The molecule has 4 heteroatoms. The molecule has 0 amide bonds. The number of rotatable bonds is 8. The summed E-state index contributed by atoms with van der Waals surface area (Å²) in [5.41, 5.74) is -6.93. The van der Waals surface area contributed by atoms with Crippen LogP contribution in [0.2, 0.25) is 0 Å². The first-order valence-electron chi connectivity index (χ1n) is 35.4. The van der Waals surface area contributed by atoms with E-state index in [-0.39, 0.29) is 50.8 Å². The maximum atomic E-state index is 12.9. The zero-order chi connectivity index (χ0) is 71.3. The van der Waals surface area contributed by atoms with Gasteiger partial charge in [-0.25, -0.2) is 4.98 Å². The van der Waals surface area contributed by atoms with Crippen LogP contribution in [0.25, 0.3) is 72.7 Å². The molecule has 4 nitrogen and oxygen atoms in total. The molecule has 1 N–H and O–H groups in total. The predicted molar refractivity (Wildman–Crippen MR) is 295 cm³/mol. The van der Waals surface area contributed by atoms with Crippen molar-refractivity contribution in [2.24, 2.45) is 0 Å². The van der Waals surface area contributed by atoms with E-state index in [1.54, 1.807) is 62.4 Å². The van der Waals surface area contributed by atoms with E-state index in [1.165, 1.54) is 16.7 Å². The highest BCUT2D eigenvalue weighted by molar-refractivity contribution is 5.97. The molecule has 0 unspecified atom stereocenters. The first kappa shape index (κ1) is 26.6. The Kier molecular flexibility index (Phi) is 6.92. The summed E-state index contributed by atoms with van der Waals surface area (Å²) in [4.78, 5) is 9.78. The summed E-state index contributed by atoms with van der Waals surface area (Å²) in [5.74, 6) is -1.92. The first-order valence-corrected chi connectivity index (χ1v) is 22.9. The molecule has 0 aliphatic heterocycles. The van der Waals surface area contributed by atoms with Crippen molar-refractivity contribution in [1.29, 1.82) is 0 Å². The Hall–Kier alpha value is -6.26. The first-order chi connectivity index (χ1) is 42.5. The fourth-order valence-electron chi connectivity index (χ4n) is 8.33. The Morgan fingerprint density at radius 2 is 1.28 bits per heavy atom. The molecule has 8 rings (SSSR count). The molecule has 0 bridgehead atoms. The Morgan fingerprint density at radius 1 is 0.594 bits per heavy atom. The number of para-hydroxylation sites is 1. The molecule has 2 aromatic heterocycles. The van der Waals surface area contributed by atoms with Gasteiger partial charge in [-0.2, -0.15) is 0 Å². The molecule has 2 heterocycles. The minimum atomic E-state index is -3.97. The average molecular weight is 939 g/mol. The summed E-state index contributed by atoms with van der Waals surface area (Å²) in [6.07, 6.45) is 0.984. The summed E-state index contributed by atoms with van der Waals surface area (Å²) >= 11 is 0. The summed E-state index contributed by atoms with van der Waals surface area (Å²) in [5, 5.41) is 12.9. The summed E-state index contributed by atoms with van der Waals surface area (Å²) in [6.45, 7) is -1.63. The second kappa shape index (κ2) is 17.9. The van der Waals surface area contributed by atoms with E-state index in [9.17, 15) is 13.3 Å². The number of phenols is 1. The molecule has 6 aromatic carbocycles. The van der Waals surface area contributed by atoms with E-state index in [0.717, 1.165) is 18.7 Å². The van der Waals surface area contributed by atoms with E-state index in [2.05, 4.69) is 4.98 Å². The molecule has 0 spiro atoms. The third-order valence-corrected chi connectivity index (χ3v) is 12.5. The highest BCUT2D eigenvalue weighted by Crippen LogP contribution is 2.46. The molecule has 0 atom stereocenters. The Morgan fingerprint density at radius 3 is 1.93 bits per heavy atom. The fourth-order valence-corrected chi connectivity index (χ4v) is 8.33. The molecule has 8 aromatic rings. The van der Waals surface area contributed by atoms with Gasteiger partial charge in [0.25, 0.3) is 0 Å². The number of imidazole rings is 1. The molecule has 0 saturated carbocycles. The van der Waals surface area contributed by atoms with Gasteiger partial charge in [0.2, 0.25) is 0 Å². The Bertz CT molecular complexity index is 4230. The van der Waals surface area contributed by atoms with Crippen LogP contribution in [0.4, 0.5) is 0 Å². The molecular formula is C65H75N3O. The van der Waals surface area contributed by atoms with E-state index in [1.807, 2.05) is 79.7 Å². The van der Waals surface area contributed by atoms with Crippen molar-refractivity contribution in [3.63, 3.8) is 0 Å². The predicted octanol–water partition coefficient (Wildman–Crippen LogP) is 18.2. The van der Waals surface area contributed by atoms with Crippen molar-refractivity contribution in [2.45, 2.75) is 151 Å². The zero-order valence-electron chi connectivity index (χ0n) is 66.0. The standard InChI is InChI=1S/C65H75N3O/c1-39(2)45-30-46(40(3)4)32-47(31-45)43-23-26-57(41(5)29-43)68-58-20-18-19-53(59(58)67-61(68)54-37-52(64(12,13)14)38-55(60(54)69)65(15,16)17)48-33-49(35-51(34-48)63(9,10)11)56-36-44(27-28-66-56)42-21-24-50(25-22-42)62(6,7)8/h18-40,69H,1-17H3/i5D3,6D3,7D3,8D3,15D3,16D3,21D,22D,24D,25D,27D,36D,39D. The highest BCUT2D eigenvalue weighted by Gasteiger charge is 2.29. The second-order valence-electron chi connectivity index (χ2n) is 20.8. The minimum Gasteiger partial charge on any atom is -0.507 e. The number of fused-ring (bicyclic) bond motifs is 1. The van der Waals surface area contributed by atoms with Gasteiger partial charge >= 0.3 is 0 Å². The van der Waals surface area contributed by atoms with Crippen LogP contribution in [0.1, 0.15) is 195 Å². The number of aromatic hydroxyl groups is 1. The van der Waals surface area contributed by atoms with Crippen LogP contribution < -0.4 is 0 Å². The van der Waals surface area contributed by atoms with E-state index < -0.39 is 133 Å². The third-order valence-electron chi connectivity index (χ3n) is 12.5. The monoisotopic (exact) mass is 939 g/mol. The van der Waals surface area contributed by atoms with Gasteiger partial charge in [0.1, 0.15) is 11.6 Å². The van der Waals surface area contributed by atoms with E-state index in [4.69, 9.17) is 31.0 Å². The van der Waals surface area contributed by atoms with Gasteiger partial charge in [-0.1, -0.05) is 183 Å². The molecule has 0 aliphatic carbocycles. The van der Waals surface area contributed by atoms with Gasteiger partial charge in [0, 0.05) is 48.9 Å². The van der Waals surface area contributed by atoms with Crippen LogP contribution in [0.15, 0.2) is 127 Å². The van der Waals surface area contributed by atoms with Crippen LogP contribution >= 0.6 is 0 Å². The average Bonchev–Trinajstić information content (AvgIpc) is 0.762. The minimum absolute atomic E-state index is 0.0230. The number of pyridine rings is 1. The van der Waals surface area contributed by atoms with Crippen molar-refractivity contribution in [1.82, 2.24) is 14.5 Å². The van der Waals surface area contributed by atoms with Crippen molar-refractivity contribution < 1.29 is 39.4 Å². The number of hydrogen-bond acceptors (Lipinski definition) is 3. The SMILES string of the molecule is [2H]c1cnc(-c2cc(-c3cccc4c3nc(-c3cc(C(C)(C)C)cc(C(C)(C([2H])([2H])[2H])C([2H])([2H])[2H])c3O)n4-c3ccc(-c4cc(C(C)C)cc(C([2H])(C)C)c4)cc3C([2H])([2H])[2H])cc(C(C)(C)C)c2)c([2H])c1-c1c([2H])c([2H])c(C(C([2H])([2H])[2H])(C([2H])([2H])[2H])C([2H])([2H])[2H])c([2H])c1[2H]. The van der Waals surface area contributed by atoms with Crippen molar-refractivity contribution in [2.75, 3.05) is 0 Å². The van der Waals surface area contributed by atoms with Gasteiger partial charge in [0.05, 0.1) is 36.2 Å². The fraction of sp³-hybridized carbons (Fsp3) is 0.354. The normalized spacial score (nSPS) is 19.3. The van der Waals surface area contributed by atoms with Gasteiger partial charge in [-0.3, -0.25) is 9.55 Å². The number of aromatic nitrogens is 3. The van der Waals surface area contributed by atoms with Gasteiger partial charge in [-0.05, 0) is 150 Å². The molecule has 356 valence electrons. The quantitative estimate of drug-likeness (QED) is 0.165. The lowest BCUT2D eigenvalue weighted by Crippen LogP contribution is -2.17. The number of phenolic OH excluding ortho intramolecular Hbond substituents is 1. The summed E-state index contributed by atoms with van der Waals surface area (Å²) in [6, 6.07) is 17.4. The Balaban J connectivity index is 1.50. The lowest BCUT2D eigenvalue weighted by atomic mass is 9.79. The van der Waals surface area contributed by atoms with E-state index >= 15 is 0 Å². The Labute approximate surface area is 449 Å². The number of aryl methyl sites for hydroxylation is 1. The van der Waals surface area contributed by atoms with Crippen LogP contribution in [-0.4, -0.2) is 19.6 Å². The second-order valence-corrected chi connectivity index (χ2v) is 20.8. The maximum Gasteiger partial charge on any atom is 0.149 e. The molecular weight excluding hydrogens is 839 g/mol. The topological polar surface area (TPSA) is 50.9 Å². The summed E-state index contributed by atoms with van der Waals surface area (Å²) in [7, 11) is 0. The number of hydrogen-bond donors (Lipinski definition) is 1. The molecule has 69 heavy (non-hydrogen) atoms. The molecule has 0 radical (unpaired) electrons. The lowest BCUT2D eigenvalue weighted by Gasteiger charge is -2.27. The van der Waals surface area contributed by atoms with Crippen LogP contribution in [0, 0.1) is 6.85 Å². The summed E-state index contributed by atoms with van der Waals surface area (Å²) < 4.78 is 220. The molecule has 0 aliphatic rings. The van der Waals surface area contributed by atoms with Gasteiger partial charge in [-0.15, -0.1) is 0 Å². The van der Waals surface area contributed by atoms with Gasteiger partial charge in [0.15, 0.2) is 0 Å².